The van der Waals surface area contributed by atoms with E-state index in [1.807, 2.05) is 0 Å². The molecule has 1 atom stereocenters. The van der Waals surface area contributed by atoms with Gasteiger partial charge in [0, 0.05) is 12.5 Å². The van der Waals surface area contributed by atoms with Crippen molar-refractivity contribution in [1.29, 1.82) is 0 Å². The van der Waals surface area contributed by atoms with Gasteiger partial charge >= 0.3 is 0 Å². The SMILES string of the molecule is CCCCCC[C@H](Cc1ccc(OC)c(OCCc2ccccc2)c1)N(CCC)CCC. The number of unbranched alkanes of at least 4 members (excludes halogenated alkanes) is 3. The fourth-order valence-corrected chi connectivity index (χ4v) is 4.43. The molecule has 0 saturated carbocycles. The standard InChI is InChI=1S/C29H45NO2/c1-5-8-9-13-16-27(30(20-6-2)21-7-3)23-26-17-18-28(31-4)29(24-26)32-22-19-25-14-11-10-12-15-25/h10-12,14-15,17-18,24,27H,5-9,13,16,19-23H2,1-4H3/t27-/m1/s1. The molecule has 0 spiro atoms. The lowest BCUT2D eigenvalue weighted by Gasteiger charge is -2.32. The van der Waals surface area contributed by atoms with Gasteiger partial charge in [-0.25, -0.2) is 0 Å². The highest BCUT2D eigenvalue weighted by molar-refractivity contribution is 5.43. The summed E-state index contributed by atoms with van der Waals surface area (Å²) in [6.45, 7) is 9.90. The van der Waals surface area contributed by atoms with Crippen molar-refractivity contribution in [3.63, 3.8) is 0 Å². The molecule has 32 heavy (non-hydrogen) atoms. The van der Waals surface area contributed by atoms with Gasteiger partial charge in [-0.1, -0.05) is 82.9 Å². The summed E-state index contributed by atoms with van der Waals surface area (Å²) in [6.07, 6.45) is 11.0. The van der Waals surface area contributed by atoms with Crippen LogP contribution in [0.25, 0.3) is 0 Å². The molecule has 0 heterocycles. The van der Waals surface area contributed by atoms with Crippen LogP contribution < -0.4 is 9.47 Å². The van der Waals surface area contributed by atoms with E-state index in [1.54, 1.807) is 7.11 Å². The van der Waals surface area contributed by atoms with Crippen molar-refractivity contribution >= 4 is 0 Å². The van der Waals surface area contributed by atoms with Gasteiger partial charge in [-0.2, -0.15) is 0 Å². The van der Waals surface area contributed by atoms with Gasteiger partial charge in [0.15, 0.2) is 11.5 Å². The smallest absolute Gasteiger partial charge is 0.161 e. The topological polar surface area (TPSA) is 21.7 Å². The Morgan fingerprint density at radius 2 is 1.53 bits per heavy atom. The van der Waals surface area contributed by atoms with Gasteiger partial charge in [0.2, 0.25) is 0 Å². The molecular weight excluding hydrogens is 394 g/mol. The van der Waals surface area contributed by atoms with E-state index in [4.69, 9.17) is 9.47 Å². The number of hydrogen-bond acceptors (Lipinski definition) is 3. The summed E-state index contributed by atoms with van der Waals surface area (Å²) in [4.78, 5) is 2.71. The highest BCUT2D eigenvalue weighted by Gasteiger charge is 2.18. The van der Waals surface area contributed by atoms with Gasteiger partial charge in [-0.05, 0) is 62.0 Å². The summed E-state index contributed by atoms with van der Waals surface area (Å²) < 4.78 is 11.8. The summed E-state index contributed by atoms with van der Waals surface area (Å²) in [5, 5.41) is 0. The summed E-state index contributed by atoms with van der Waals surface area (Å²) in [5.74, 6) is 1.68. The zero-order valence-electron chi connectivity index (χ0n) is 20.9. The first-order chi connectivity index (χ1) is 15.7. The van der Waals surface area contributed by atoms with Crippen LogP contribution in [-0.4, -0.2) is 37.7 Å². The van der Waals surface area contributed by atoms with Crippen molar-refractivity contribution in [2.75, 3.05) is 26.8 Å². The Morgan fingerprint density at radius 3 is 2.19 bits per heavy atom. The number of benzene rings is 2. The molecule has 0 fully saturated rings. The minimum atomic E-state index is 0.595. The second-order valence-corrected chi connectivity index (χ2v) is 8.81. The third-order valence-corrected chi connectivity index (χ3v) is 6.12. The number of hydrogen-bond donors (Lipinski definition) is 0. The molecule has 0 unspecified atom stereocenters. The third kappa shape index (κ3) is 9.24. The molecule has 3 heteroatoms. The number of ether oxygens (including phenoxy) is 2. The predicted octanol–water partition coefficient (Wildman–Crippen LogP) is 7.32. The summed E-state index contributed by atoms with van der Waals surface area (Å²) >= 11 is 0. The molecule has 0 saturated heterocycles. The quantitative estimate of drug-likeness (QED) is 0.241. The molecule has 0 N–H and O–H groups in total. The van der Waals surface area contributed by atoms with Crippen LogP contribution in [0, 0.1) is 0 Å². The molecular formula is C29H45NO2. The highest BCUT2D eigenvalue weighted by Crippen LogP contribution is 2.30. The lowest BCUT2D eigenvalue weighted by Crippen LogP contribution is -2.38. The Kier molecular flexibility index (Phi) is 12.9. The van der Waals surface area contributed by atoms with Crippen LogP contribution in [0.1, 0.15) is 76.8 Å². The molecule has 0 aliphatic heterocycles. The second kappa shape index (κ2) is 15.7. The van der Waals surface area contributed by atoms with Crippen molar-refractivity contribution in [3.05, 3.63) is 59.7 Å². The van der Waals surface area contributed by atoms with Gasteiger partial charge in [-0.3, -0.25) is 0 Å². The van der Waals surface area contributed by atoms with Gasteiger partial charge in [0.25, 0.3) is 0 Å². The minimum Gasteiger partial charge on any atom is -0.493 e. The zero-order valence-corrected chi connectivity index (χ0v) is 20.9. The first-order valence-electron chi connectivity index (χ1n) is 12.8. The van der Waals surface area contributed by atoms with Gasteiger partial charge in [0.05, 0.1) is 13.7 Å². The Labute approximate surface area is 197 Å². The fourth-order valence-electron chi connectivity index (χ4n) is 4.43. The minimum absolute atomic E-state index is 0.595. The molecule has 178 valence electrons. The van der Waals surface area contributed by atoms with E-state index in [1.165, 1.54) is 69.2 Å². The van der Waals surface area contributed by atoms with Crippen molar-refractivity contribution in [2.45, 2.75) is 84.6 Å². The largest absolute Gasteiger partial charge is 0.493 e. The van der Waals surface area contributed by atoms with Gasteiger partial charge < -0.3 is 14.4 Å². The molecule has 0 radical (unpaired) electrons. The van der Waals surface area contributed by atoms with E-state index in [2.05, 4.69) is 74.2 Å². The molecule has 2 rings (SSSR count). The summed E-state index contributed by atoms with van der Waals surface area (Å²) in [5.41, 5.74) is 2.64. The van der Waals surface area contributed by atoms with E-state index in [-0.39, 0.29) is 0 Å². The van der Waals surface area contributed by atoms with Crippen LogP contribution in [-0.2, 0) is 12.8 Å². The van der Waals surface area contributed by atoms with E-state index in [0.717, 1.165) is 24.3 Å². The molecule has 0 amide bonds. The Bertz CT molecular complexity index is 725. The average molecular weight is 440 g/mol. The number of nitrogens with zero attached hydrogens (tertiary/aromatic N) is 1. The highest BCUT2D eigenvalue weighted by atomic mass is 16.5. The molecule has 3 nitrogen and oxygen atoms in total. The third-order valence-electron chi connectivity index (χ3n) is 6.12. The Balaban J connectivity index is 2.08. The monoisotopic (exact) mass is 439 g/mol. The van der Waals surface area contributed by atoms with Crippen molar-refractivity contribution in [1.82, 2.24) is 4.90 Å². The first kappa shape index (κ1) is 26.3. The first-order valence-corrected chi connectivity index (χ1v) is 12.8. The normalized spacial score (nSPS) is 12.2. The van der Waals surface area contributed by atoms with Crippen LogP contribution in [0.15, 0.2) is 48.5 Å². The molecule has 2 aromatic rings. The maximum atomic E-state index is 6.18. The molecule has 0 aliphatic rings. The molecule has 0 aliphatic carbocycles. The zero-order chi connectivity index (χ0) is 23.0. The van der Waals surface area contributed by atoms with Crippen molar-refractivity contribution in [2.24, 2.45) is 0 Å². The second-order valence-electron chi connectivity index (χ2n) is 8.81. The van der Waals surface area contributed by atoms with Crippen molar-refractivity contribution in [3.8, 4) is 11.5 Å². The average Bonchev–Trinajstić information content (AvgIpc) is 2.82. The molecule has 0 aromatic heterocycles. The van der Waals surface area contributed by atoms with E-state index < -0.39 is 0 Å². The van der Waals surface area contributed by atoms with Crippen molar-refractivity contribution < 1.29 is 9.47 Å². The predicted molar refractivity (Wildman–Crippen MR) is 137 cm³/mol. The Hall–Kier alpha value is -2.00. The van der Waals surface area contributed by atoms with Crippen LogP contribution in [0.4, 0.5) is 0 Å². The summed E-state index contributed by atoms with van der Waals surface area (Å²) in [7, 11) is 1.72. The van der Waals surface area contributed by atoms with E-state index in [0.29, 0.717) is 12.6 Å². The van der Waals surface area contributed by atoms with Crippen LogP contribution in [0.2, 0.25) is 0 Å². The Morgan fingerprint density at radius 1 is 0.781 bits per heavy atom. The fraction of sp³-hybridized carbons (Fsp3) is 0.586. The number of methoxy groups -OCH3 is 1. The lowest BCUT2D eigenvalue weighted by atomic mass is 9.97. The van der Waals surface area contributed by atoms with Crippen LogP contribution in [0.5, 0.6) is 11.5 Å². The van der Waals surface area contributed by atoms with Crippen LogP contribution >= 0.6 is 0 Å². The van der Waals surface area contributed by atoms with Gasteiger partial charge in [-0.15, -0.1) is 0 Å². The molecule has 0 bridgehead atoms. The lowest BCUT2D eigenvalue weighted by molar-refractivity contribution is 0.181. The maximum absolute atomic E-state index is 6.18. The van der Waals surface area contributed by atoms with Gasteiger partial charge in [0.1, 0.15) is 0 Å². The van der Waals surface area contributed by atoms with Crippen LogP contribution in [0.3, 0.4) is 0 Å². The molecule has 2 aromatic carbocycles. The summed E-state index contributed by atoms with van der Waals surface area (Å²) in [6, 6.07) is 17.6. The van der Waals surface area contributed by atoms with E-state index >= 15 is 0 Å². The van der Waals surface area contributed by atoms with E-state index in [9.17, 15) is 0 Å². The maximum Gasteiger partial charge on any atom is 0.161 e. The number of rotatable bonds is 17.